The molecule has 0 aliphatic heterocycles. The van der Waals surface area contributed by atoms with E-state index in [9.17, 15) is 0 Å². The van der Waals surface area contributed by atoms with Crippen molar-refractivity contribution in [2.45, 2.75) is 19.4 Å². The molecule has 5 heteroatoms. The number of hydrogen-bond acceptors (Lipinski definition) is 3. The second-order valence-electron chi connectivity index (χ2n) is 3.03. The highest BCUT2D eigenvalue weighted by atomic mass is 79.9. The summed E-state index contributed by atoms with van der Waals surface area (Å²) in [4.78, 5) is 4.22. The molecule has 3 N–H and O–H groups in total. The van der Waals surface area contributed by atoms with Crippen LogP contribution in [0.3, 0.4) is 0 Å². The summed E-state index contributed by atoms with van der Waals surface area (Å²) < 4.78 is 1.89. The SMILES string of the molecule is CCC(N)CNc1ncc(Br)cc1Br. The van der Waals surface area contributed by atoms with E-state index in [2.05, 4.69) is 49.1 Å². The molecule has 0 saturated carbocycles. The minimum atomic E-state index is 0.173. The first-order chi connectivity index (χ1) is 6.63. The van der Waals surface area contributed by atoms with Gasteiger partial charge in [0.2, 0.25) is 0 Å². The van der Waals surface area contributed by atoms with Gasteiger partial charge in [0.05, 0.1) is 4.47 Å². The molecule has 0 aromatic carbocycles. The summed E-state index contributed by atoms with van der Waals surface area (Å²) in [6, 6.07) is 2.12. The molecule has 1 aromatic heterocycles. The fourth-order valence-electron chi connectivity index (χ4n) is 0.917. The van der Waals surface area contributed by atoms with E-state index in [4.69, 9.17) is 5.73 Å². The third kappa shape index (κ3) is 3.55. The number of pyridine rings is 1. The molecule has 3 nitrogen and oxygen atoms in total. The van der Waals surface area contributed by atoms with Crippen molar-refractivity contribution in [2.24, 2.45) is 5.73 Å². The molecule has 0 saturated heterocycles. The largest absolute Gasteiger partial charge is 0.368 e. The van der Waals surface area contributed by atoms with Gasteiger partial charge in [0.1, 0.15) is 5.82 Å². The van der Waals surface area contributed by atoms with Crippen molar-refractivity contribution in [3.05, 3.63) is 21.2 Å². The van der Waals surface area contributed by atoms with Crippen molar-refractivity contribution in [2.75, 3.05) is 11.9 Å². The fourth-order valence-corrected chi connectivity index (χ4v) is 2.04. The van der Waals surface area contributed by atoms with Crippen LogP contribution in [0, 0.1) is 0 Å². The highest BCUT2D eigenvalue weighted by molar-refractivity contribution is 9.11. The van der Waals surface area contributed by atoms with Gasteiger partial charge in [-0.15, -0.1) is 0 Å². The van der Waals surface area contributed by atoms with Crippen LogP contribution in [0.5, 0.6) is 0 Å². The summed E-state index contributed by atoms with van der Waals surface area (Å²) in [5.74, 6) is 0.831. The second kappa shape index (κ2) is 5.68. The maximum Gasteiger partial charge on any atom is 0.140 e. The lowest BCUT2D eigenvalue weighted by molar-refractivity contribution is 0.677. The molecule has 1 unspecified atom stereocenters. The average molecular weight is 323 g/mol. The number of nitrogens with two attached hydrogens (primary N) is 1. The molecule has 1 atom stereocenters. The average Bonchev–Trinajstić information content (AvgIpc) is 2.16. The Morgan fingerprint density at radius 3 is 2.86 bits per heavy atom. The standard InChI is InChI=1S/C9H13Br2N3/c1-2-7(12)5-14-9-8(11)3-6(10)4-13-9/h3-4,7H,2,5,12H2,1H3,(H,13,14). The van der Waals surface area contributed by atoms with Gasteiger partial charge < -0.3 is 11.1 Å². The van der Waals surface area contributed by atoms with E-state index >= 15 is 0 Å². The zero-order chi connectivity index (χ0) is 10.6. The molecule has 0 spiro atoms. The maximum absolute atomic E-state index is 5.79. The summed E-state index contributed by atoms with van der Waals surface area (Å²) in [6.45, 7) is 2.81. The van der Waals surface area contributed by atoms with Gasteiger partial charge in [0, 0.05) is 23.3 Å². The van der Waals surface area contributed by atoms with Crippen LogP contribution >= 0.6 is 31.9 Å². The molecule has 1 rings (SSSR count). The number of hydrogen-bond donors (Lipinski definition) is 2. The van der Waals surface area contributed by atoms with E-state index in [1.165, 1.54) is 0 Å². The lowest BCUT2D eigenvalue weighted by atomic mass is 10.2. The Hall–Kier alpha value is -0.130. The van der Waals surface area contributed by atoms with Gasteiger partial charge in [-0.3, -0.25) is 0 Å². The smallest absolute Gasteiger partial charge is 0.140 e. The van der Waals surface area contributed by atoms with Gasteiger partial charge in [-0.1, -0.05) is 6.92 Å². The molecular weight excluding hydrogens is 310 g/mol. The van der Waals surface area contributed by atoms with E-state index in [1.807, 2.05) is 6.07 Å². The molecule has 1 heterocycles. The van der Waals surface area contributed by atoms with Gasteiger partial charge in [0.15, 0.2) is 0 Å². The van der Waals surface area contributed by atoms with Gasteiger partial charge >= 0.3 is 0 Å². The quantitative estimate of drug-likeness (QED) is 0.896. The highest BCUT2D eigenvalue weighted by Gasteiger charge is 2.03. The van der Waals surface area contributed by atoms with Crippen LogP contribution in [-0.4, -0.2) is 17.6 Å². The summed E-state index contributed by atoms with van der Waals surface area (Å²) in [5, 5.41) is 3.19. The third-order valence-electron chi connectivity index (χ3n) is 1.86. The molecule has 14 heavy (non-hydrogen) atoms. The first-order valence-electron chi connectivity index (χ1n) is 4.44. The number of nitrogens with one attached hydrogen (secondary N) is 1. The molecule has 0 fully saturated rings. The van der Waals surface area contributed by atoms with Crippen molar-refractivity contribution < 1.29 is 0 Å². The number of halogens is 2. The van der Waals surface area contributed by atoms with Crippen LogP contribution in [0.2, 0.25) is 0 Å². The van der Waals surface area contributed by atoms with Crippen LogP contribution in [0.1, 0.15) is 13.3 Å². The van der Waals surface area contributed by atoms with Crippen molar-refractivity contribution in [3.63, 3.8) is 0 Å². The van der Waals surface area contributed by atoms with Crippen LogP contribution in [0.25, 0.3) is 0 Å². The molecule has 0 aliphatic rings. The molecule has 0 bridgehead atoms. The Balaban J connectivity index is 2.59. The van der Waals surface area contributed by atoms with Crippen molar-refractivity contribution in [1.82, 2.24) is 4.98 Å². The lowest BCUT2D eigenvalue weighted by Crippen LogP contribution is -2.28. The first kappa shape index (κ1) is 11.9. The Kier molecular flexibility index (Phi) is 4.84. The molecule has 0 aliphatic carbocycles. The zero-order valence-electron chi connectivity index (χ0n) is 7.93. The fraction of sp³-hybridized carbons (Fsp3) is 0.444. The van der Waals surface area contributed by atoms with E-state index in [0.29, 0.717) is 0 Å². The van der Waals surface area contributed by atoms with Gasteiger partial charge in [0.25, 0.3) is 0 Å². The third-order valence-corrected chi connectivity index (χ3v) is 2.90. The van der Waals surface area contributed by atoms with Crippen LogP contribution < -0.4 is 11.1 Å². The predicted molar refractivity (Wildman–Crippen MR) is 66.4 cm³/mol. The Morgan fingerprint density at radius 2 is 2.29 bits per heavy atom. The molecule has 1 aromatic rings. The number of rotatable bonds is 4. The van der Waals surface area contributed by atoms with Crippen molar-refractivity contribution in [3.8, 4) is 0 Å². The molecule has 0 amide bonds. The summed E-state index contributed by atoms with van der Waals surface area (Å²) in [7, 11) is 0. The van der Waals surface area contributed by atoms with E-state index < -0.39 is 0 Å². The van der Waals surface area contributed by atoms with Crippen LogP contribution in [0.4, 0.5) is 5.82 Å². The minimum Gasteiger partial charge on any atom is -0.368 e. The Bertz CT molecular complexity index is 304. The Morgan fingerprint density at radius 1 is 1.57 bits per heavy atom. The zero-order valence-corrected chi connectivity index (χ0v) is 11.1. The topological polar surface area (TPSA) is 50.9 Å². The van der Waals surface area contributed by atoms with E-state index in [0.717, 1.165) is 27.7 Å². The molecular formula is C9H13Br2N3. The Labute approximate surface area is 101 Å². The van der Waals surface area contributed by atoms with Crippen molar-refractivity contribution in [1.29, 1.82) is 0 Å². The monoisotopic (exact) mass is 321 g/mol. The van der Waals surface area contributed by atoms with Crippen LogP contribution in [0.15, 0.2) is 21.2 Å². The lowest BCUT2D eigenvalue weighted by Gasteiger charge is -2.11. The van der Waals surface area contributed by atoms with Crippen molar-refractivity contribution >= 4 is 37.7 Å². The maximum atomic E-state index is 5.79. The number of aromatic nitrogens is 1. The number of nitrogens with zero attached hydrogens (tertiary/aromatic N) is 1. The minimum absolute atomic E-state index is 0.173. The number of anilines is 1. The first-order valence-corrected chi connectivity index (χ1v) is 6.02. The highest BCUT2D eigenvalue weighted by Crippen LogP contribution is 2.23. The molecule has 78 valence electrons. The van der Waals surface area contributed by atoms with Gasteiger partial charge in [-0.2, -0.15) is 0 Å². The normalized spacial score (nSPS) is 12.6. The predicted octanol–water partition coefficient (Wildman–Crippen LogP) is 2.76. The van der Waals surface area contributed by atoms with Gasteiger partial charge in [-0.25, -0.2) is 4.98 Å². The van der Waals surface area contributed by atoms with Crippen LogP contribution in [-0.2, 0) is 0 Å². The molecule has 0 radical (unpaired) electrons. The van der Waals surface area contributed by atoms with E-state index in [-0.39, 0.29) is 6.04 Å². The summed E-state index contributed by atoms with van der Waals surface area (Å²) >= 11 is 6.77. The second-order valence-corrected chi connectivity index (χ2v) is 4.80. The summed E-state index contributed by atoms with van der Waals surface area (Å²) in [5.41, 5.74) is 5.79. The summed E-state index contributed by atoms with van der Waals surface area (Å²) in [6.07, 6.45) is 2.71. The van der Waals surface area contributed by atoms with E-state index in [1.54, 1.807) is 6.20 Å². The van der Waals surface area contributed by atoms with Gasteiger partial charge in [-0.05, 0) is 44.3 Å².